The molecule has 0 bridgehead atoms. The highest BCUT2D eigenvalue weighted by Crippen LogP contribution is 2.25. The molecule has 0 saturated heterocycles. The Morgan fingerprint density at radius 2 is 2.20 bits per heavy atom. The zero-order valence-electron chi connectivity index (χ0n) is 9.20. The summed E-state index contributed by atoms with van der Waals surface area (Å²) in [5, 5.41) is 3.17. The first-order valence-electron chi connectivity index (χ1n) is 5.17. The lowest BCUT2D eigenvalue weighted by Crippen LogP contribution is -2.02. The Morgan fingerprint density at radius 3 is 2.87 bits per heavy atom. The number of rotatable bonds is 3. The predicted molar refractivity (Wildman–Crippen MR) is 59.1 cm³/mol. The SMILES string of the molecule is CCNc1nc[nH]c2nc(C(C)C)nc1-2. The fourth-order valence-corrected chi connectivity index (χ4v) is 1.40. The van der Waals surface area contributed by atoms with E-state index in [1.165, 1.54) is 0 Å². The molecule has 0 spiro atoms. The van der Waals surface area contributed by atoms with Gasteiger partial charge in [0.15, 0.2) is 17.3 Å². The maximum absolute atomic E-state index is 4.46. The van der Waals surface area contributed by atoms with Gasteiger partial charge in [0.1, 0.15) is 5.82 Å². The quantitative estimate of drug-likeness (QED) is 0.802. The van der Waals surface area contributed by atoms with Crippen molar-refractivity contribution in [2.75, 3.05) is 11.9 Å². The largest absolute Gasteiger partial charge is 0.368 e. The lowest BCUT2D eigenvalue weighted by atomic mass is 10.2. The molecule has 0 unspecified atom stereocenters. The summed E-state index contributed by atoms with van der Waals surface area (Å²) < 4.78 is 0. The predicted octanol–water partition coefficient (Wildman–Crippen LogP) is 1.86. The van der Waals surface area contributed by atoms with E-state index >= 15 is 0 Å². The number of aromatic nitrogens is 4. The molecule has 2 aliphatic heterocycles. The molecule has 5 heteroatoms. The van der Waals surface area contributed by atoms with Crippen molar-refractivity contribution in [3.05, 3.63) is 12.2 Å². The summed E-state index contributed by atoms with van der Waals surface area (Å²) in [5.41, 5.74) is 0.822. The second-order valence-electron chi connectivity index (χ2n) is 3.72. The van der Waals surface area contributed by atoms with Crippen molar-refractivity contribution >= 4 is 5.82 Å². The summed E-state index contributed by atoms with van der Waals surface area (Å²) in [5.74, 6) is 2.78. The molecule has 0 fully saturated rings. The molecule has 0 aromatic rings. The van der Waals surface area contributed by atoms with Gasteiger partial charge in [0.2, 0.25) is 0 Å². The molecular weight excluding hydrogens is 190 g/mol. The lowest BCUT2D eigenvalue weighted by Gasteiger charge is -2.04. The van der Waals surface area contributed by atoms with Crippen LogP contribution in [-0.4, -0.2) is 26.5 Å². The summed E-state index contributed by atoms with van der Waals surface area (Å²) in [6.07, 6.45) is 1.64. The van der Waals surface area contributed by atoms with Crippen LogP contribution in [0.3, 0.4) is 0 Å². The number of nitrogens with zero attached hydrogens (tertiary/aromatic N) is 3. The highest BCUT2D eigenvalue weighted by Gasteiger charge is 2.17. The van der Waals surface area contributed by atoms with E-state index < -0.39 is 0 Å². The number of imidazole rings is 1. The third-order valence-corrected chi connectivity index (χ3v) is 2.16. The van der Waals surface area contributed by atoms with Gasteiger partial charge in [-0.1, -0.05) is 13.8 Å². The van der Waals surface area contributed by atoms with E-state index in [0.29, 0.717) is 5.92 Å². The Kier molecular flexibility index (Phi) is 2.53. The maximum atomic E-state index is 4.46. The number of nitrogens with one attached hydrogen (secondary N) is 2. The Balaban J connectivity index is 2.48. The van der Waals surface area contributed by atoms with Crippen molar-refractivity contribution in [2.24, 2.45) is 0 Å². The van der Waals surface area contributed by atoms with Crippen molar-refractivity contribution in [3.8, 4) is 11.5 Å². The molecular formula is C10H15N5. The van der Waals surface area contributed by atoms with Crippen molar-refractivity contribution in [1.82, 2.24) is 19.9 Å². The minimum absolute atomic E-state index is 0.334. The van der Waals surface area contributed by atoms with Gasteiger partial charge in [-0.25, -0.2) is 15.0 Å². The third kappa shape index (κ3) is 1.77. The maximum Gasteiger partial charge on any atom is 0.163 e. The highest BCUT2D eigenvalue weighted by molar-refractivity contribution is 5.66. The monoisotopic (exact) mass is 205 g/mol. The molecule has 2 N–H and O–H groups in total. The molecule has 0 radical (unpaired) electrons. The average molecular weight is 205 g/mol. The van der Waals surface area contributed by atoms with Crippen molar-refractivity contribution in [2.45, 2.75) is 26.7 Å². The molecule has 0 aromatic carbocycles. The van der Waals surface area contributed by atoms with Crippen LogP contribution in [0.5, 0.6) is 0 Å². The van der Waals surface area contributed by atoms with Crippen LogP contribution in [0.2, 0.25) is 0 Å². The van der Waals surface area contributed by atoms with Gasteiger partial charge in [-0.3, -0.25) is 0 Å². The number of H-pyrrole nitrogens is 1. The zero-order valence-corrected chi connectivity index (χ0v) is 9.20. The van der Waals surface area contributed by atoms with Crippen LogP contribution in [0.15, 0.2) is 6.33 Å². The van der Waals surface area contributed by atoms with Crippen LogP contribution in [0, 0.1) is 0 Å². The summed E-state index contributed by atoms with van der Waals surface area (Å²) in [6, 6.07) is 0. The fraction of sp³-hybridized carbons (Fsp3) is 0.500. The zero-order chi connectivity index (χ0) is 10.8. The van der Waals surface area contributed by atoms with E-state index in [0.717, 1.165) is 29.7 Å². The molecule has 0 atom stereocenters. The van der Waals surface area contributed by atoms with Crippen LogP contribution < -0.4 is 5.32 Å². The Labute approximate surface area is 88.7 Å². The van der Waals surface area contributed by atoms with Gasteiger partial charge in [-0.2, -0.15) is 0 Å². The van der Waals surface area contributed by atoms with E-state index in [1.54, 1.807) is 6.33 Å². The average Bonchev–Trinajstić information content (AvgIpc) is 2.63. The van der Waals surface area contributed by atoms with Gasteiger partial charge in [0, 0.05) is 12.5 Å². The van der Waals surface area contributed by atoms with Crippen LogP contribution in [0.1, 0.15) is 32.5 Å². The third-order valence-electron chi connectivity index (χ3n) is 2.16. The molecule has 15 heavy (non-hydrogen) atoms. The first-order chi connectivity index (χ1) is 7.22. The van der Waals surface area contributed by atoms with Crippen molar-refractivity contribution in [3.63, 3.8) is 0 Å². The van der Waals surface area contributed by atoms with Crippen LogP contribution in [0.25, 0.3) is 11.5 Å². The summed E-state index contributed by atoms with van der Waals surface area (Å²) >= 11 is 0. The molecule has 5 nitrogen and oxygen atoms in total. The Hall–Kier alpha value is -1.65. The van der Waals surface area contributed by atoms with E-state index in [-0.39, 0.29) is 0 Å². The second kappa shape index (κ2) is 3.84. The van der Waals surface area contributed by atoms with Gasteiger partial charge < -0.3 is 10.3 Å². The van der Waals surface area contributed by atoms with Crippen LogP contribution >= 0.6 is 0 Å². The molecule has 2 heterocycles. The number of hydrogen-bond acceptors (Lipinski definition) is 4. The van der Waals surface area contributed by atoms with Gasteiger partial charge in [0.25, 0.3) is 0 Å². The molecule has 0 aliphatic carbocycles. The molecule has 2 rings (SSSR count). The first kappa shape index (κ1) is 9.89. The van der Waals surface area contributed by atoms with Gasteiger partial charge in [-0.15, -0.1) is 0 Å². The number of fused-ring (bicyclic) bond motifs is 1. The van der Waals surface area contributed by atoms with Gasteiger partial charge in [-0.05, 0) is 6.92 Å². The van der Waals surface area contributed by atoms with Crippen molar-refractivity contribution in [1.29, 1.82) is 0 Å². The molecule has 2 aliphatic rings. The lowest BCUT2D eigenvalue weighted by molar-refractivity contribution is 0.796. The number of hydrogen-bond donors (Lipinski definition) is 2. The summed E-state index contributed by atoms with van der Waals surface area (Å²) in [7, 11) is 0. The number of aromatic amines is 1. The topological polar surface area (TPSA) is 66.5 Å². The Bertz CT molecular complexity index is 420. The van der Waals surface area contributed by atoms with Gasteiger partial charge in [0.05, 0.1) is 6.33 Å². The second-order valence-corrected chi connectivity index (χ2v) is 3.72. The van der Waals surface area contributed by atoms with E-state index in [9.17, 15) is 0 Å². The summed E-state index contributed by atoms with van der Waals surface area (Å²) in [6.45, 7) is 7.02. The molecule has 80 valence electrons. The highest BCUT2D eigenvalue weighted by atomic mass is 15.1. The first-order valence-corrected chi connectivity index (χ1v) is 5.17. The minimum Gasteiger partial charge on any atom is -0.368 e. The Morgan fingerprint density at radius 1 is 1.40 bits per heavy atom. The summed E-state index contributed by atoms with van der Waals surface area (Å²) in [4.78, 5) is 16.1. The van der Waals surface area contributed by atoms with Crippen LogP contribution in [-0.2, 0) is 0 Å². The van der Waals surface area contributed by atoms with Crippen molar-refractivity contribution < 1.29 is 0 Å². The van der Waals surface area contributed by atoms with E-state index in [2.05, 4.69) is 39.1 Å². The fourth-order valence-electron chi connectivity index (χ4n) is 1.40. The number of anilines is 1. The molecule has 0 aromatic heterocycles. The minimum atomic E-state index is 0.334. The van der Waals surface area contributed by atoms with E-state index in [4.69, 9.17) is 0 Å². The normalized spacial score (nSPS) is 11.2. The van der Waals surface area contributed by atoms with Crippen LogP contribution in [0.4, 0.5) is 5.82 Å². The molecule has 0 saturated carbocycles. The van der Waals surface area contributed by atoms with Gasteiger partial charge >= 0.3 is 0 Å². The van der Waals surface area contributed by atoms with E-state index in [1.807, 2.05) is 6.92 Å². The molecule has 0 amide bonds. The smallest absolute Gasteiger partial charge is 0.163 e. The standard InChI is InChI=1S/C10H15N5/c1-4-11-9-7-10(13-5-12-9)15-8(14-7)6(2)3/h5-6H,4H2,1-3H3,(H2,11,12,13,14,15).